The van der Waals surface area contributed by atoms with Crippen LogP contribution in [0.5, 0.6) is 0 Å². The molecule has 0 aliphatic carbocycles. The molecule has 4 aromatic rings. The van der Waals surface area contributed by atoms with E-state index in [0.717, 1.165) is 16.6 Å². The summed E-state index contributed by atoms with van der Waals surface area (Å²) < 4.78 is 13.0. The molecule has 4 rings (SSSR count). The van der Waals surface area contributed by atoms with Crippen LogP contribution in [0.3, 0.4) is 0 Å². The van der Waals surface area contributed by atoms with Gasteiger partial charge in [-0.3, -0.25) is 14.6 Å². The average Bonchev–Trinajstić information content (AvgIpc) is 2.83. The number of nitrogens with zero attached hydrogens (tertiary/aromatic N) is 2. The Morgan fingerprint density at radius 3 is 2.36 bits per heavy atom. The van der Waals surface area contributed by atoms with Crippen LogP contribution in [-0.4, -0.2) is 21.8 Å². The normalized spacial score (nSPS) is 11.9. The highest BCUT2D eigenvalue weighted by Gasteiger charge is 2.10. The summed E-state index contributed by atoms with van der Waals surface area (Å²) in [5, 5.41) is 5.66. The predicted octanol–water partition coefficient (Wildman–Crippen LogP) is 4.91. The van der Waals surface area contributed by atoms with Gasteiger partial charge in [-0.2, -0.15) is 0 Å². The van der Waals surface area contributed by atoms with Crippen LogP contribution in [0.2, 0.25) is 0 Å². The number of carbonyl (C=O) groups excluding carboxylic acids is 2. The zero-order valence-corrected chi connectivity index (χ0v) is 17.8. The van der Waals surface area contributed by atoms with Gasteiger partial charge in [0.2, 0.25) is 5.91 Å². The van der Waals surface area contributed by atoms with Crippen molar-refractivity contribution in [3.8, 4) is 0 Å². The van der Waals surface area contributed by atoms with Gasteiger partial charge in [-0.25, -0.2) is 9.37 Å². The summed E-state index contributed by atoms with van der Waals surface area (Å²) in [6, 6.07) is 19.8. The molecule has 0 saturated carbocycles. The topological polar surface area (TPSA) is 84.0 Å². The van der Waals surface area contributed by atoms with Crippen molar-refractivity contribution >= 4 is 34.6 Å². The third-order valence-electron chi connectivity index (χ3n) is 5.01. The van der Waals surface area contributed by atoms with Gasteiger partial charge in [0.25, 0.3) is 5.91 Å². The fraction of sp³-hybridized carbons (Fsp3) is 0.0769. The van der Waals surface area contributed by atoms with Crippen molar-refractivity contribution in [2.24, 2.45) is 0 Å². The summed E-state index contributed by atoms with van der Waals surface area (Å²) in [6.07, 6.45) is 4.66. The van der Waals surface area contributed by atoms with Crippen LogP contribution < -0.4 is 10.6 Å². The van der Waals surface area contributed by atoms with Crippen molar-refractivity contribution in [3.05, 3.63) is 108 Å². The SMILES string of the molecule is CC(NC(=O)/C=C/c1cnc2ccccc2n1)c1ccc(NC(=O)c2ccc(F)cc2)cc1. The first-order valence-electron chi connectivity index (χ1n) is 10.4. The van der Waals surface area contributed by atoms with Crippen LogP contribution in [0.4, 0.5) is 10.1 Å². The molecule has 0 bridgehead atoms. The van der Waals surface area contributed by atoms with Gasteiger partial charge >= 0.3 is 0 Å². The number of carbonyl (C=O) groups is 2. The molecule has 1 unspecified atom stereocenters. The van der Waals surface area contributed by atoms with Gasteiger partial charge in [0, 0.05) is 17.3 Å². The van der Waals surface area contributed by atoms with Crippen molar-refractivity contribution in [3.63, 3.8) is 0 Å². The second-order valence-electron chi connectivity index (χ2n) is 7.43. The first-order chi connectivity index (χ1) is 16.0. The quantitative estimate of drug-likeness (QED) is 0.417. The van der Waals surface area contributed by atoms with E-state index >= 15 is 0 Å². The number of rotatable bonds is 6. The lowest BCUT2D eigenvalue weighted by molar-refractivity contribution is -0.117. The highest BCUT2D eigenvalue weighted by atomic mass is 19.1. The minimum atomic E-state index is -0.396. The number of anilines is 1. The Kier molecular flexibility index (Phi) is 6.50. The molecule has 0 radical (unpaired) electrons. The second-order valence-corrected chi connectivity index (χ2v) is 7.43. The van der Waals surface area contributed by atoms with Crippen molar-refractivity contribution in [1.29, 1.82) is 0 Å². The van der Waals surface area contributed by atoms with Crippen LogP contribution >= 0.6 is 0 Å². The van der Waals surface area contributed by atoms with Crippen LogP contribution in [0.15, 0.2) is 85.1 Å². The number of amides is 2. The molecule has 1 atom stereocenters. The molecule has 33 heavy (non-hydrogen) atoms. The van der Waals surface area contributed by atoms with E-state index in [9.17, 15) is 14.0 Å². The van der Waals surface area contributed by atoms with Gasteiger partial charge in [0.15, 0.2) is 0 Å². The molecule has 0 fully saturated rings. The lowest BCUT2D eigenvalue weighted by Crippen LogP contribution is -2.24. The molecule has 2 N–H and O–H groups in total. The van der Waals surface area contributed by atoms with Crippen LogP contribution in [0, 0.1) is 5.82 Å². The smallest absolute Gasteiger partial charge is 0.255 e. The van der Waals surface area contributed by atoms with Crippen LogP contribution in [0.1, 0.15) is 34.6 Å². The number of halogens is 1. The van der Waals surface area contributed by atoms with E-state index in [0.29, 0.717) is 16.9 Å². The third-order valence-corrected chi connectivity index (χ3v) is 5.01. The summed E-state index contributed by atoms with van der Waals surface area (Å²) >= 11 is 0. The molecule has 0 spiro atoms. The van der Waals surface area contributed by atoms with Crippen LogP contribution in [0.25, 0.3) is 17.1 Å². The van der Waals surface area contributed by atoms with Crippen molar-refractivity contribution < 1.29 is 14.0 Å². The Balaban J connectivity index is 1.34. The second kappa shape index (κ2) is 9.82. The molecule has 7 heteroatoms. The van der Waals surface area contributed by atoms with E-state index in [4.69, 9.17) is 0 Å². The maximum Gasteiger partial charge on any atom is 0.255 e. The Hall–Kier alpha value is -4.39. The number of para-hydroxylation sites is 2. The minimum Gasteiger partial charge on any atom is -0.346 e. The number of nitrogens with one attached hydrogen (secondary N) is 2. The zero-order chi connectivity index (χ0) is 23.2. The van der Waals surface area contributed by atoms with Crippen molar-refractivity contribution in [2.75, 3.05) is 5.32 Å². The van der Waals surface area contributed by atoms with Crippen LogP contribution in [-0.2, 0) is 4.79 Å². The molecular formula is C26H21FN4O2. The Labute approximate surface area is 190 Å². The summed E-state index contributed by atoms with van der Waals surface area (Å²) in [5.74, 6) is -0.982. The van der Waals surface area contributed by atoms with Crippen molar-refractivity contribution in [1.82, 2.24) is 15.3 Å². The molecule has 1 heterocycles. The number of benzene rings is 3. The summed E-state index contributed by atoms with van der Waals surface area (Å²) in [7, 11) is 0. The van der Waals surface area contributed by atoms with Gasteiger partial charge in [-0.15, -0.1) is 0 Å². The highest BCUT2D eigenvalue weighted by Crippen LogP contribution is 2.17. The Morgan fingerprint density at radius 1 is 0.939 bits per heavy atom. The molecule has 164 valence electrons. The number of fused-ring (bicyclic) bond motifs is 1. The van der Waals surface area contributed by atoms with E-state index in [1.807, 2.05) is 43.3 Å². The average molecular weight is 440 g/mol. The number of hydrogen-bond acceptors (Lipinski definition) is 4. The maximum atomic E-state index is 13.0. The lowest BCUT2D eigenvalue weighted by atomic mass is 10.1. The summed E-state index contributed by atoms with van der Waals surface area (Å²) in [4.78, 5) is 33.4. The zero-order valence-electron chi connectivity index (χ0n) is 17.8. The maximum absolute atomic E-state index is 13.0. The van der Waals surface area contributed by atoms with E-state index in [2.05, 4.69) is 20.6 Å². The van der Waals surface area contributed by atoms with Crippen molar-refractivity contribution in [2.45, 2.75) is 13.0 Å². The number of hydrogen-bond donors (Lipinski definition) is 2. The highest BCUT2D eigenvalue weighted by molar-refractivity contribution is 6.04. The molecule has 3 aromatic carbocycles. The molecule has 0 aliphatic heterocycles. The Morgan fingerprint density at radius 2 is 1.64 bits per heavy atom. The summed E-state index contributed by atoms with van der Waals surface area (Å²) in [6.45, 7) is 1.87. The first kappa shape index (κ1) is 21.8. The molecule has 0 saturated heterocycles. The molecule has 0 aliphatic rings. The van der Waals surface area contributed by atoms with Gasteiger partial charge in [0.05, 0.1) is 29.0 Å². The summed E-state index contributed by atoms with van der Waals surface area (Å²) in [5.41, 5.74) is 4.00. The van der Waals surface area contributed by atoms with Gasteiger partial charge in [-0.05, 0) is 67.1 Å². The monoisotopic (exact) mass is 440 g/mol. The fourth-order valence-electron chi connectivity index (χ4n) is 3.22. The number of aromatic nitrogens is 2. The standard InChI is InChI=1S/C26H21FN4O2/c1-17(29-25(32)15-14-22-16-28-23-4-2-3-5-24(23)30-22)18-8-12-21(13-9-18)31-26(33)19-6-10-20(27)11-7-19/h2-17H,1H3,(H,29,32)(H,31,33)/b15-14+. The molecule has 2 amide bonds. The minimum absolute atomic E-state index is 0.244. The molecule has 1 aromatic heterocycles. The fourth-order valence-corrected chi connectivity index (χ4v) is 3.22. The third kappa shape index (κ3) is 5.65. The van der Waals surface area contributed by atoms with E-state index in [-0.39, 0.29) is 17.9 Å². The Bertz CT molecular complexity index is 1320. The van der Waals surface area contributed by atoms with Gasteiger partial charge < -0.3 is 10.6 Å². The first-order valence-corrected chi connectivity index (χ1v) is 10.4. The molecular weight excluding hydrogens is 419 g/mol. The lowest BCUT2D eigenvalue weighted by Gasteiger charge is -2.14. The van der Waals surface area contributed by atoms with Gasteiger partial charge in [-0.1, -0.05) is 24.3 Å². The van der Waals surface area contributed by atoms with E-state index in [1.165, 1.54) is 30.3 Å². The van der Waals surface area contributed by atoms with E-state index < -0.39 is 5.82 Å². The molecule has 6 nitrogen and oxygen atoms in total. The predicted molar refractivity (Wildman–Crippen MR) is 126 cm³/mol. The largest absolute Gasteiger partial charge is 0.346 e. The van der Waals surface area contributed by atoms with E-state index in [1.54, 1.807) is 24.4 Å². The van der Waals surface area contributed by atoms with Gasteiger partial charge in [0.1, 0.15) is 5.82 Å².